The third-order valence-corrected chi connectivity index (χ3v) is 2.29. The van der Waals surface area contributed by atoms with Crippen LogP contribution in [0.5, 0.6) is 0 Å². The third-order valence-electron chi connectivity index (χ3n) is 2.29. The average Bonchev–Trinajstić information content (AvgIpc) is 2.31. The lowest BCUT2D eigenvalue weighted by atomic mass is 10.1. The highest BCUT2D eigenvalue weighted by Crippen LogP contribution is 2.06. The van der Waals surface area contributed by atoms with Gasteiger partial charge in [0.15, 0.2) is 0 Å². The maximum Gasteiger partial charge on any atom is 0.0713 e. The largest absolute Gasteiger partial charge is 0.380 e. The van der Waals surface area contributed by atoms with Crippen molar-refractivity contribution in [2.45, 2.75) is 20.0 Å². The maximum absolute atomic E-state index is 5.07. The van der Waals surface area contributed by atoms with E-state index in [0.29, 0.717) is 6.61 Å². The molecule has 0 aliphatic heterocycles. The van der Waals surface area contributed by atoms with E-state index in [0.717, 1.165) is 13.1 Å². The van der Waals surface area contributed by atoms with Gasteiger partial charge in [0, 0.05) is 13.7 Å². The molecule has 0 aliphatic rings. The molecular formula is C14H21NO. The van der Waals surface area contributed by atoms with Crippen LogP contribution in [0.2, 0.25) is 0 Å². The molecule has 1 aromatic rings. The van der Waals surface area contributed by atoms with E-state index in [9.17, 15) is 0 Å². The molecule has 1 rings (SSSR count). The number of hydrogen-bond acceptors (Lipinski definition) is 2. The highest BCUT2D eigenvalue weighted by Gasteiger charge is 1.90. The molecule has 0 radical (unpaired) electrons. The molecular weight excluding hydrogens is 198 g/mol. The van der Waals surface area contributed by atoms with E-state index in [4.69, 9.17) is 4.74 Å². The van der Waals surface area contributed by atoms with Gasteiger partial charge in [-0.25, -0.2) is 0 Å². The Morgan fingerprint density at radius 2 is 2.00 bits per heavy atom. The molecule has 0 atom stereocenters. The summed E-state index contributed by atoms with van der Waals surface area (Å²) in [6, 6.07) is 8.43. The van der Waals surface area contributed by atoms with Crippen LogP contribution >= 0.6 is 0 Å². The summed E-state index contributed by atoms with van der Waals surface area (Å²) in [5.41, 5.74) is 2.45. The minimum Gasteiger partial charge on any atom is -0.380 e. The highest BCUT2D eigenvalue weighted by atomic mass is 16.5. The molecule has 2 nitrogen and oxygen atoms in total. The smallest absolute Gasteiger partial charge is 0.0713 e. The molecule has 0 unspecified atom stereocenters. The minimum atomic E-state index is 0.683. The molecule has 1 aromatic carbocycles. The maximum atomic E-state index is 5.07. The molecule has 2 heteroatoms. The summed E-state index contributed by atoms with van der Waals surface area (Å²) in [5.74, 6) is 0. The van der Waals surface area contributed by atoms with Crippen LogP contribution in [-0.2, 0) is 11.3 Å². The molecule has 0 spiro atoms. The zero-order valence-corrected chi connectivity index (χ0v) is 10.2. The first-order valence-corrected chi connectivity index (χ1v) is 5.82. The molecule has 0 saturated carbocycles. The van der Waals surface area contributed by atoms with E-state index < -0.39 is 0 Å². The second kappa shape index (κ2) is 8.08. The topological polar surface area (TPSA) is 21.3 Å². The molecule has 88 valence electrons. The van der Waals surface area contributed by atoms with Gasteiger partial charge in [0.2, 0.25) is 0 Å². The van der Waals surface area contributed by atoms with Gasteiger partial charge in [0.1, 0.15) is 0 Å². The minimum absolute atomic E-state index is 0.683. The van der Waals surface area contributed by atoms with Crippen LogP contribution < -0.4 is 5.32 Å². The van der Waals surface area contributed by atoms with Gasteiger partial charge in [-0.15, -0.1) is 0 Å². The predicted octanol–water partition coefficient (Wildman–Crippen LogP) is 2.85. The zero-order valence-electron chi connectivity index (χ0n) is 10.2. The number of benzene rings is 1. The van der Waals surface area contributed by atoms with Crippen molar-refractivity contribution in [2.24, 2.45) is 0 Å². The lowest BCUT2D eigenvalue weighted by Crippen LogP contribution is -2.13. The second-order valence-electron chi connectivity index (χ2n) is 3.78. The van der Waals surface area contributed by atoms with Gasteiger partial charge in [-0.05, 0) is 24.1 Å². The number of hydrogen-bond donors (Lipinski definition) is 1. The van der Waals surface area contributed by atoms with Crippen LogP contribution in [0.25, 0.3) is 6.08 Å². The number of ether oxygens (including phenoxy) is 1. The molecule has 16 heavy (non-hydrogen) atoms. The first-order valence-electron chi connectivity index (χ1n) is 5.82. The standard InChI is InChI=1S/C14H21NO/c1-3-10-15-11-4-5-13-6-8-14(9-7-13)12-16-2/h4-9,15H,3,10-12H2,1-2H3. The molecule has 0 bridgehead atoms. The van der Waals surface area contributed by atoms with Crippen LogP contribution in [0.15, 0.2) is 30.3 Å². The van der Waals surface area contributed by atoms with E-state index in [1.165, 1.54) is 17.5 Å². The van der Waals surface area contributed by atoms with Crippen LogP contribution in [0.1, 0.15) is 24.5 Å². The summed E-state index contributed by atoms with van der Waals surface area (Å²) < 4.78 is 5.07. The van der Waals surface area contributed by atoms with E-state index in [1.54, 1.807) is 7.11 Å². The molecule has 0 amide bonds. The molecule has 0 heterocycles. The fourth-order valence-corrected chi connectivity index (χ4v) is 1.45. The van der Waals surface area contributed by atoms with Crippen molar-refractivity contribution in [3.8, 4) is 0 Å². The van der Waals surface area contributed by atoms with Crippen molar-refractivity contribution in [2.75, 3.05) is 20.2 Å². The summed E-state index contributed by atoms with van der Waals surface area (Å²) in [7, 11) is 1.72. The van der Waals surface area contributed by atoms with Crippen molar-refractivity contribution in [1.29, 1.82) is 0 Å². The van der Waals surface area contributed by atoms with Crippen molar-refractivity contribution >= 4 is 6.08 Å². The molecule has 0 saturated heterocycles. The Morgan fingerprint density at radius 1 is 1.25 bits per heavy atom. The van der Waals surface area contributed by atoms with E-state index in [-0.39, 0.29) is 0 Å². The third kappa shape index (κ3) is 5.10. The van der Waals surface area contributed by atoms with Crippen LogP contribution in [0.3, 0.4) is 0 Å². The Labute approximate surface area is 98.3 Å². The number of rotatable bonds is 7. The Hall–Kier alpha value is -1.12. The van der Waals surface area contributed by atoms with Crippen LogP contribution in [0, 0.1) is 0 Å². The summed E-state index contributed by atoms with van der Waals surface area (Å²) >= 11 is 0. The van der Waals surface area contributed by atoms with Gasteiger partial charge < -0.3 is 10.1 Å². The predicted molar refractivity (Wildman–Crippen MR) is 69.3 cm³/mol. The number of nitrogens with one attached hydrogen (secondary N) is 1. The fourth-order valence-electron chi connectivity index (χ4n) is 1.45. The molecule has 1 N–H and O–H groups in total. The van der Waals surface area contributed by atoms with Crippen molar-refractivity contribution in [3.63, 3.8) is 0 Å². The lowest BCUT2D eigenvalue weighted by molar-refractivity contribution is 0.185. The van der Waals surface area contributed by atoms with Gasteiger partial charge in [0.05, 0.1) is 6.61 Å². The SMILES string of the molecule is CCCNCC=Cc1ccc(COC)cc1. The van der Waals surface area contributed by atoms with Crippen LogP contribution in [0.4, 0.5) is 0 Å². The van der Waals surface area contributed by atoms with E-state index in [2.05, 4.69) is 48.7 Å². The lowest BCUT2D eigenvalue weighted by Gasteiger charge is -2.00. The second-order valence-corrected chi connectivity index (χ2v) is 3.78. The first kappa shape index (κ1) is 12.9. The van der Waals surface area contributed by atoms with Crippen LogP contribution in [-0.4, -0.2) is 20.2 Å². The van der Waals surface area contributed by atoms with Crippen molar-refractivity contribution in [3.05, 3.63) is 41.5 Å². The highest BCUT2D eigenvalue weighted by molar-refractivity contribution is 5.49. The zero-order chi connectivity index (χ0) is 11.6. The number of methoxy groups -OCH3 is 1. The Balaban J connectivity index is 2.36. The van der Waals surface area contributed by atoms with Gasteiger partial charge in [0.25, 0.3) is 0 Å². The Bertz CT molecular complexity index is 303. The average molecular weight is 219 g/mol. The van der Waals surface area contributed by atoms with E-state index >= 15 is 0 Å². The Morgan fingerprint density at radius 3 is 2.62 bits per heavy atom. The summed E-state index contributed by atoms with van der Waals surface area (Å²) in [6.07, 6.45) is 5.47. The van der Waals surface area contributed by atoms with Gasteiger partial charge in [-0.2, -0.15) is 0 Å². The summed E-state index contributed by atoms with van der Waals surface area (Å²) in [4.78, 5) is 0. The Kier molecular flexibility index (Phi) is 6.54. The monoisotopic (exact) mass is 219 g/mol. The molecule has 0 aliphatic carbocycles. The fraction of sp³-hybridized carbons (Fsp3) is 0.429. The summed E-state index contributed by atoms with van der Waals surface area (Å²) in [5, 5.41) is 3.33. The normalized spacial score (nSPS) is 11.1. The van der Waals surface area contributed by atoms with E-state index in [1.807, 2.05) is 0 Å². The summed E-state index contributed by atoms with van der Waals surface area (Å²) in [6.45, 7) is 4.87. The van der Waals surface area contributed by atoms with Gasteiger partial charge >= 0.3 is 0 Å². The van der Waals surface area contributed by atoms with Crippen molar-refractivity contribution < 1.29 is 4.74 Å². The molecule has 0 aromatic heterocycles. The van der Waals surface area contributed by atoms with Crippen molar-refractivity contribution in [1.82, 2.24) is 5.32 Å². The van der Waals surface area contributed by atoms with Gasteiger partial charge in [-0.3, -0.25) is 0 Å². The van der Waals surface area contributed by atoms with Gasteiger partial charge in [-0.1, -0.05) is 43.3 Å². The quantitative estimate of drug-likeness (QED) is 0.712. The molecule has 0 fully saturated rings. The first-order chi connectivity index (χ1) is 7.86.